The lowest BCUT2D eigenvalue weighted by Crippen LogP contribution is -2.61. The van der Waals surface area contributed by atoms with Gasteiger partial charge in [0, 0.05) is 13.5 Å². The zero-order valence-electron chi connectivity index (χ0n) is 32.6. The third-order valence-electron chi connectivity index (χ3n) is 9.09. The molecule has 0 aromatic heterocycles. The minimum Gasteiger partial charge on any atom is -0.458 e. The van der Waals surface area contributed by atoms with E-state index < -0.39 is 86.7 Å². The fraction of sp³-hybridized carbons (Fsp3) is 0.732. The third kappa shape index (κ3) is 20.1. The van der Waals surface area contributed by atoms with Crippen LogP contribution in [0.4, 0.5) is 0 Å². The van der Waals surface area contributed by atoms with Gasteiger partial charge in [-0.15, -0.1) is 0 Å². The highest BCUT2D eigenvalue weighted by atomic mass is 16.7. The Balaban J connectivity index is 1.58. The SMILES string of the molecule is CC/C=C\C/C=C\C/C=C\C/C=C\C/C=C\CCCCCCCCOCC(COC1OC(COC2OC(CO)C(O)C(O)C2O)C(O)C(O)C1O)OC(C)=O. The first-order valence-electron chi connectivity index (χ1n) is 19.8. The molecule has 0 aromatic carbocycles. The van der Waals surface area contributed by atoms with Crippen LogP contribution in [0.3, 0.4) is 0 Å². The molecule has 2 aliphatic heterocycles. The van der Waals surface area contributed by atoms with Crippen LogP contribution in [0.1, 0.15) is 90.9 Å². The van der Waals surface area contributed by atoms with E-state index >= 15 is 0 Å². The summed E-state index contributed by atoms with van der Waals surface area (Å²) >= 11 is 0. The van der Waals surface area contributed by atoms with Gasteiger partial charge in [-0.05, 0) is 51.4 Å². The van der Waals surface area contributed by atoms with E-state index in [1.807, 2.05) is 0 Å². The molecule has 55 heavy (non-hydrogen) atoms. The summed E-state index contributed by atoms with van der Waals surface area (Å²) in [5.74, 6) is -0.562. The molecule has 0 radical (unpaired) electrons. The van der Waals surface area contributed by atoms with Gasteiger partial charge in [0.15, 0.2) is 12.6 Å². The summed E-state index contributed by atoms with van der Waals surface area (Å²) in [4.78, 5) is 11.7. The van der Waals surface area contributed by atoms with Gasteiger partial charge in [0.1, 0.15) is 54.9 Å². The highest BCUT2D eigenvalue weighted by Gasteiger charge is 2.47. The molecule has 0 aromatic rings. The van der Waals surface area contributed by atoms with E-state index in [0.29, 0.717) is 6.61 Å². The highest BCUT2D eigenvalue weighted by molar-refractivity contribution is 5.66. The van der Waals surface area contributed by atoms with Crippen molar-refractivity contribution in [2.75, 3.05) is 33.0 Å². The molecule has 0 spiro atoms. The number of esters is 1. The van der Waals surface area contributed by atoms with Crippen molar-refractivity contribution in [1.29, 1.82) is 0 Å². The molecule has 0 aliphatic carbocycles. The number of carbonyl (C=O) groups excluding carboxylic acids is 1. The van der Waals surface area contributed by atoms with Crippen molar-refractivity contribution >= 4 is 5.97 Å². The lowest BCUT2D eigenvalue weighted by molar-refractivity contribution is -0.332. The van der Waals surface area contributed by atoms with Crippen LogP contribution in [0.2, 0.25) is 0 Å². The minimum absolute atomic E-state index is 0.0322. The largest absolute Gasteiger partial charge is 0.458 e. The molecule has 14 nitrogen and oxygen atoms in total. The summed E-state index contributed by atoms with van der Waals surface area (Å²) in [5, 5.41) is 70.9. The molecule has 0 amide bonds. The molecule has 2 aliphatic rings. The summed E-state index contributed by atoms with van der Waals surface area (Å²) in [6, 6.07) is 0. The quantitative estimate of drug-likeness (QED) is 0.0345. The fourth-order valence-electron chi connectivity index (χ4n) is 5.90. The summed E-state index contributed by atoms with van der Waals surface area (Å²) in [6.07, 6.45) is 18.3. The number of ether oxygens (including phenoxy) is 6. The van der Waals surface area contributed by atoms with E-state index in [9.17, 15) is 40.5 Å². The van der Waals surface area contributed by atoms with Gasteiger partial charge >= 0.3 is 5.97 Å². The lowest BCUT2D eigenvalue weighted by Gasteiger charge is -2.42. The average Bonchev–Trinajstić information content (AvgIpc) is 3.17. The Morgan fingerprint density at radius 2 is 1.09 bits per heavy atom. The van der Waals surface area contributed by atoms with Crippen LogP contribution < -0.4 is 0 Å². The number of hydrogen-bond donors (Lipinski definition) is 7. The summed E-state index contributed by atoms with van der Waals surface area (Å²) in [7, 11) is 0. The monoisotopic (exact) mass is 784 g/mol. The van der Waals surface area contributed by atoms with Crippen LogP contribution in [0.25, 0.3) is 0 Å². The molecule has 2 saturated heterocycles. The first-order valence-corrected chi connectivity index (χ1v) is 19.8. The molecule has 7 N–H and O–H groups in total. The number of rotatable bonds is 28. The second kappa shape index (κ2) is 29.9. The van der Waals surface area contributed by atoms with Crippen LogP contribution in [0, 0.1) is 0 Å². The van der Waals surface area contributed by atoms with Crippen LogP contribution >= 0.6 is 0 Å². The van der Waals surface area contributed by atoms with Crippen molar-refractivity contribution in [2.24, 2.45) is 0 Å². The number of hydrogen-bond acceptors (Lipinski definition) is 14. The second-order valence-electron chi connectivity index (χ2n) is 13.8. The van der Waals surface area contributed by atoms with E-state index in [1.165, 1.54) is 13.3 Å². The number of allylic oxidation sites excluding steroid dienone is 10. The number of aliphatic hydroxyl groups is 7. The molecule has 0 bridgehead atoms. The summed E-state index contributed by atoms with van der Waals surface area (Å²) in [6.45, 7) is 2.48. The topological polar surface area (TPSA) is 214 Å². The van der Waals surface area contributed by atoms with Crippen molar-refractivity contribution in [2.45, 2.75) is 158 Å². The normalized spacial score (nSPS) is 29.8. The molecule has 11 unspecified atom stereocenters. The van der Waals surface area contributed by atoms with E-state index in [0.717, 1.165) is 70.6 Å². The van der Waals surface area contributed by atoms with Crippen LogP contribution in [-0.4, -0.2) is 142 Å². The number of aliphatic hydroxyl groups excluding tert-OH is 7. The van der Waals surface area contributed by atoms with E-state index in [1.54, 1.807) is 0 Å². The van der Waals surface area contributed by atoms with Crippen molar-refractivity contribution in [3.05, 3.63) is 60.8 Å². The van der Waals surface area contributed by atoms with Gasteiger partial charge in [0.2, 0.25) is 0 Å². The molecule has 2 heterocycles. The molecular weight excluding hydrogens is 716 g/mol. The zero-order valence-corrected chi connectivity index (χ0v) is 32.6. The van der Waals surface area contributed by atoms with Crippen molar-refractivity contribution in [3.8, 4) is 0 Å². The zero-order chi connectivity index (χ0) is 40.3. The standard InChI is InChI=1S/C41H68O14/c1-3-4-5-6-7-8-9-10-11-12-13-14-15-16-17-18-19-20-21-22-23-24-25-50-27-31(53-30(2)43)28-51-40-39(49)37(47)35(45)33(55-40)29-52-41-38(48)36(46)34(44)32(26-42)54-41/h4-5,7-8,10-11,13-14,16-17,31-42,44-49H,3,6,9,12,15,18-29H2,1-2H3/b5-4-,8-7-,11-10-,14-13-,17-16-. The van der Waals surface area contributed by atoms with Gasteiger partial charge in [-0.2, -0.15) is 0 Å². The maximum absolute atomic E-state index is 11.7. The predicted octanol–water partition coefficient (Wildman–Crippen LogP) is 3.06. The summed E-state index contributed by atoms with van der Waals surface area (Å²) < 4.78 is 33.0. The maximum Gasteiger partial charge on any atom is 0.303 e. The number of carbonyl (C=O) groups is 1. The van der Waals surface area contributed by atoms with Crippen molar-refractivity contribution in [1.82, 2.24) is 0 Å². The molecular formula is C41H68O14. The van der Waals surface area contributed by atoms with Crippen LogP contribution in [0.15, 0.2) is 60.8 Å². The highest BCUT2D eigenvalue weighted by Crippen LogP contribution is 2.26. The summed E-state index contributed by atoms with van der Waals surface area (Å²) in [5.41, 5.74) is 0. The van der Waals surface area contributed by atoms with Crippen molar-refractivity contribution < 1.29 is 69.0 Å². The van der Waals surface area contributed by atoms with E-state index in [2.05, 4.69) is 67.7 Å². The van der Waals surface area contributed by atoms with Gasteiger partial charge in [-0.3, -0.25) is 4.79 Å². The maximum atomic E-state index is 11.7. The molecule has 11 atom stereocenters. The van der Waals surface area contributed by atoms with Gasteiger partial charge < -0.3 is 64.2 Å². The smallest absolute Gasteiger partial charge is 0.303 e. The van der Waals surface area contributed by atoms with E-state index in [-0.39, 0.29) is 13.2 Å². The Labute approximate surface area is 326 Å². The van der Waals surface area contributed by atoms with Gasteiger partial charge in [-0.25, -0.2) is 0 Å². The molecule has 2 rings (SSSR count). The molecule has 316 valence electrons. The third-order valence-corrected chi connectivity index (χ3v) is 9.09. The Hall–Kier alpha value is -2.31. The van der Waals surface area contributed by atoms with Crippen LogP contribution in [0.5, 0.6) is 0 Å². The van der Waals surface area contributed by atoms with Crippen LogP contribution in [-0.2, 0) is 33.2 Å². The Morgan fingerprint density at radius 1 is 0.600 bits per heavy atom. The van der Waals surface area contributed by atoms with E-state index in [4.69, 9.17) is 28.4 Å². The molecule has 0 saturated carbocycles. The first-order chi connectivity index (χ1) is 26.6. The lowest BCUT2D eigenvalue weighted by atomic mass is 9.98. The van der Waals surface area contributed by atoms with Gasteiger partial charge in [0.05, 0.1) is 26.4 Å². The van der Waals surface area contributed by atoms with Gasteiger partial charge in [-0.1, -0.05) is 93.4 Å². The fourth-order valence-corrected chi connectivity index (χ4v) is 5.90. The van der Waals surface area contributed by atoms with Gasteiger partial charge in [0.25, 0.3) is 0 Å². The van der Waals surface area contributed by atoms with Crippen molar-refractivity contribution in [3.63, 3.8) is 0 Å². The average molecular weight is 785 g/mol. The minimum atomic E-state index is -1.70. The Morgan fingerprint density at radius 3 is 1.65 bits per heavy atom. The number of unbranched alkanes of at least 4 members (excludes halogenated alkanes) is 6. The second-order valence-corrected chi connectivity index (χ2v) is 13.8. The molecule has 14 heteroatoms. The Bertz CT molecular complexity index is 1140. The predicted molar refractivity (Wildman–Crippen MR) is 206 cm³/mol. The molecule has 2 fully saturated rings. The Kier molecular flexibility index (Phi) is 26.5. The first kappa shape index (κ1) is 48.8.